The highest BCUT2D eigenvalue weighted by molar-refractivity contribution is 5.79. The molecule has 1 aromatic carbocycles. The molecule has 24 heavy (non-hydrogen) atoms. The molecule has 1 aromatic rings. The van der Waals surface area contributed by atoms with E-state index in [0.29, 0.717) is 12.7 Å². The van der Waals surface area contributed by atoms with Gasteiger partial charge in [0.2, 0.25) is 6.79 Å². The number of ether oxygens (including phenoxy) is 2. The number of benzene rings is 1. The Bertz CT molecular complexity index is 576. The molecule has 132 valence electrons. The predicted octanol–water partition coefficient (Wildman–Crippen LogP) is 1.46. The standard InChI is InChI=1S/C18H28N4O2/c1-3-19-18(21-11-15-7-9-22(2)12-15)20-8-6-14-4-5-16-17(10-14)24-13-23-16/h4-5,10,15H,3,6-9,11-13H2,1-2H3,(H2,19,20,21). The quantitative estimate of drug-likeness (QED) is 0.610. The lowest BCUT2D eigenvalue weighted by Crippen LogP contribution is -2.38. The monoisotopic (exact) mass is 332 g/mol. The fourth-order valence-corrected chi connectivity index (χ4v) is 3.16. The lowest BCUT2D eigenvalue weighted by Gasteiger charge is -2.13. The molecule has 3 rings (SSSR count). The van der Waals surface area contributed by atoms with Crippen LogP contribution in [0.3, 0.4) is 0 Å². The lowest BCUT2D eigenvalue weighted by atomic mass is 10.1. The highest BCUT2D eigenvalue weighted by Gasteiger charge is 2.19. The smallest absolute Gasteiger partial charge is 0.231 e. The third-order valence-corrected chi connectivity index (χ3v) is 4.48. The Balaban J connectivity index is 1.47. The van der Waals surface area contributed by atoms with Gasteiger partial charge >= 0.3 is 0 Å². The fourth-order valence-electron chi connectivity index (χ4n) is 3.16. The third-order valence-electron chi connectivity index (χ3n) is 4.48. The van der Waals surface area contributed by atoms with E-state index in [2.05, 4.69) is 41.6 Å². The average molecular weight is 332 g/mol. The number of nitrogens with zero attached hydrogens (tertiary/aromatic N) is 2. The van der Waals surface area contributed by atoms with E-state index in [1.807, 2.05) is 6.07 Å². The summed E-state index contributed by atoms with van der Waals surface area (Å²) in [4.78, 5) is 7.12. The Hall–Kier alpha value is -1.95. The van der Waals surface area contributed by atoms with Gasteiger partial charge in [-0.3, -0.25) is 4.99 Å². The van der Waals surface area contributed by atoms with Crippen LogP contribution in [0.1, 0.15) is 18.9 Å². The van der Waals surface area contributed by atoms with Crippen molar-refractivity contribution in [1.82, 2.24) is 15.5 Å². The number of rotatable bonds is 6. The molecule has 2 N–H and O–H groups in total. The molecule has 2 aliphatic heterocycles. The molecule has 0 saturated carbocycles. The van der Waals surface area contributed by atoms with Crippen molar-refractivity contribution < 1.29 is 9.47 Å². The summed E-state index contributed by atoms with van der Waals surface area (Å²) >= 11 is 0. The van der Waals surface area contributed by atoms with Crippen LogP contribution in [-0.4, -0.2) is 57.4 Å². The van der Waals surface area contributed by atoms with E-state index < -0.39 is 0 Å². The predicted molar refractivity (Wildman–Crippen MR) is 95.9 cm³/mol. The zero-order valence-corrected chi connectivity index (χ0v) is 14.7. The van der Waals surface area contributed by atoms with E-state index in [0.717, 1.165) is 50.1 Å². The van der Waals surface area contributed by atoms with Crippen LogP contribution in [0.5, 0.6) is 11.5 Å². The minimum Gasteiger partial charge on any atom is -0.454 e. The number of aliphatic imine (C=N–C) groups is 1. The Morgan fingerprint density at radius 2 is 2.17 bits per heavy atom. The summed E-state index contributed by atoms with van der Waals surface area (Å²) in [6, 6.07) is 6.13. The van der Waals surface area contributed by atoms with Crippen LogP contribution in [0.15, 0.2) is 23.2 Å². The van der Waals surface area contributed by atoms with Crippen LogP contribution in [0.2, 0.25) is 0 Å². The summed E-state index contributed by atoms with van der Waals surface area (Å²) < 4.78 is 10.8. The van der Waals surface area contributed by atoms with E-state index in [1.54, 1.807) is 0 Å². The Kier molecular flexibility index (Phi) is 5.80. The number of guanidine groups is 1. The van der Waals surface area contributed by atoms with Crippen LogP contribution in [0.25, 0.3) is 0 Å². The van der Waals surface area contributed by atoms with E-state index in [-0.39, 0.29) is 0 Å². The third kappa shape index (κ3) is 4.54. The van der Waals surface area contributed by atoms with E-state index in [9.17, 15) is 0 Å². The van der Waals surface area contributed by atoms with Gasteiger partial charge in [-0.1, -0.05) is 6.07 Å². The maximum Gasteiger partial charge on any atom is 0.231 e. The molecule has 0 amide bonds. The minimum absolute atomic E-state index is 0.324. The second-order valence-electron chi connectivity index (χ2n) is 6.50. The molecule has 2 aliphatic rings. The van der Waals surface area contributed by atoms with Crippen molar-refractivity contribution >= 4 is 5.96 Å². The minimum atomic E-state index is 0.324. The normalized spacial score (nSPS) is 20.4. The number of fused-ring (bicyclic) bond motifs is 1. The van der Waals surface area contributed by atoms with E-state index >= 15 is 0 Å². The zero-order valence-electron chi connectivity index (χ0n) is 14.7. The van der Waals surface area contributed by atoms with Gasteiger partial charge in [0.15, 0.2) is 17.5 Å². The van der Waals surface area contributed by atoms with Gasteiger partial charge in [-0.25, -0.2) is 0 Å². The topological polar surface area (TPSA) is 58.1 Å². The fraction of sp³-hybridized carbons (Fsp3) is 0.611. The first-order valence-corrected chi connectivity index (χ1v) is 8.84. The second kappa shape index (κ2) is 8.24. The number of nitrogens with one attached hydrogen (secondary N) is 2. The van der Waals surface area contributed by atoms with Gasteiger partial charge < -0.3 is 25.0 Å². The van der Waals surface area contributed by atoms with Gasteiger partial charge in [0.25, 0.3) is 0 Å². The second-order valence-corrected chi connectivity index (χ2v) is 6.50. The maximum atomic E-state index is 5.43. The lowest BCUT2D eigenvalue weighted by molar-refractivity contribution is 0.174. The van der Waals surface area contributed by atoms with Crippen molar-refractivity contribution in [2.75, 3.05) is 46.6 Å². The Labute approximate surface area is 144 Å². The van der Waals surface area contributed by atoms with Gasteiger partial charge in [-0.15, -0.1) is 0 Å². The van der Waals surface area contributed by atoms with E-state index in [1.165, 1.54) is 18.5 Å². The summed E-state index contributed by atoms with van der Waals surface area (Å²) in [6.45, 7) is 7.37. The molecule has 6 nitrogen and oxygen atoms in total. The van der Waals surface area contributed by atoms with Crippen molar-refractivity contribution in [2.45, 2.75) is 19.8 Å². The van der Waals surface area contributed by atoms with Crippen LogP contribution >= 0.6 is 0 Å². The molecule has 6 heteroatoms. The first-order valence-electron chi connectivity index (χ1n) is 8.84. The summed E-state index contributed by atoms with van der Waals surface area (Å²) in [5.74, 6) is 3.27. The molecule has 1 atom stereocenters. The number of likely N-dealkylation sites (tertiary alicyclic amines) is 1. The first kappa shape index (κ1) is 16.9. The molecular formula is C18H28N4O2. The highest BCUT2D eigenvalue weighted by Crippen LogP contribution is 2.32. The molecule has 2 heterocycles. The van der Waals surface area contributed by atoms with Crippen molar-refractivity contribution in [3.05, 3.63) is 23.8 Å². The van der Waals surface area contributed by atoms with Gasteiger partial charge in [0, 0.05) is 26.2 Å². The van der Waals surface area contributed by atoms with Crippen LogP contribution in [0.4, 0.5) is 0 Å². The SMILES string of the molecule is CCNC(=NCC1CCN(C)C1)NCCc1ccc2c(c1)OCO2. The van der Waals surface area contributed by atoms with Crippen LogP contribution in [0, 0.1) is 5.92 Å². The molecule has 0 aromatic heterocycles. The summed E-state index contributed by atoms with van der Waals surface area (Å²) in [5.41, 5.74) is 1.24. The Morgan fingerprint density at radius 1 is 1.29 bits per heavy atom. The molecule has 1 unspecified atom stereocenters. The Morgan fingerprint density at radius 3 is 2.96 bits per heavy atom. The molecule has 1 fully saturated rings. The van der Waals surface area contributed by atoms with Crippen LogP contribution in [-0.2, 0) is 6.42 Å². The molecule has 0 bridgehead atoms. The summed E-state index contributed by atoms with van der Waals surface area (Å²) in [5, 5.41) is 6.75. The molecular weight excluding hydrogens is 304 g/mol. The largest absolute Gasteiger partial charge is 0.454 e. The van der Waals surface area contributed by atoms with E-state index in [4.69, 9.17) is 14.5 Å². The summed E-state index contributed by atoms with van der Waals surface area (Å²) in [7, 11) is 2.18. The molecule has 0 radical (unpaired) electrons. The van der Waals surface area contributed by atoms with Gasteiger partial charge in [0.1, 0.15) is 0 Å². The van der Waals surface area contributed by atoms with Gasteiger partial charge in [-0.2, -0.15) is 0 Å². The summed E-state index contributed by atoms with van der Waals surface area (Å²) in [6.07, 6.45) is 2.17. The van der Waals surface area contributed by atoms with Crippen molar-refractivity contribution in [3.63, 3.8) is 0 Å². The zero-order chi connectivity index (χ0) is 16.8. The first-order chi connectivity index (χ1) is 11.7. The molecule has 0 spiro atoms. The molecule has 0 aliphatic carbocycles. The average Bonchev–Trinajstić information content (AvgIpc) is 3.20. The maximum absolute atomic E-state index is 5.43. The van der Waals surface area contributed by atoms with Crippen molar-refractivity contribution in [2.24, 2.45) is 10.9 Å². The van der Waals surface area contributed by atoms with Gasteiger partial charge in [0.05, 0.1) is 0 Å². The van der Waals surface area contributed by atoms with Crippen LogP contribution < -0.4 is 20.1 Å². The molecule has 1 saturated heterocycles. The van der Waals surface area contributed by atoms with Crippen molar-refractivity contribution in [1.29, 1.82) is 0 Å². The number of hydrogen-bond donors (Lipinski definition) is 2. The highest BCUT2D eigenvalue weighted by atomic mass is 16.7. The van der Waals surface area contributed by atoms with Crippen molar-refractivity contribution in [3.8, 4) is 11.5 Å². The number of hydrogen-bond acceptors (Lipinski definition) is 4. The van der Waals surface area contributed by atoms with Gasteiger partial charge in [-0.05, 0) is 57.0 Å².